The highest BCUT2D eigenvalue weighted by atomic mass is 32.2. The Labute approximate surface area is 147 Å². The second-order valence-corrected chi connectivity index (χ2v) is 7.97. The van der Waals surface area contributed by atoms with Gasteiger partial charge in [-0.05, 0) is 24.3 Å². The molecule has 1 saturated heterocycles. The number of hydrogen-bond donors (Lipinski definition) is 2. The molecule has 0 radical (unpaired) electrons. The summed E-state index contributed by atoms with van der Waals surface area (Å²) in [5.41, 5.74) is -1.02. The highest BCUT2D eigenvalue weighted by Crippen LogP contribution is 2.28. The second-order valence-electron chi connectivity index (χ2n) is 6.11. The lowest BCUT2D eigenvalue weighted by Crippen LogP contribution is -2.50. The summed E-state index contributed by atoms with van der Waals surface area (Å²) in [5, 5.41) is 21.0. The van der Waals surface area contributed by atoms with Gasteiger partial charge in [0.25, 0.3) is 10.0 Å². The van der Waals surface area contributed by atoms with E-state index >= 15 is 0 Å². The number of para-hydroxylation sites is 1. The molecular weight excluding hydrogens is 342 g/mol. The topological polar surface area (TPSA) is 87.1 Å². The number of benzene rings is 2. The minimum atomic E-state index is -3.88. The lowest BCUT2D eigenvalue weighted by atomic mass is 9.96. The molecule has 134 valence electrons. The lowest BCUT2D eigenvalue weighted by molar-refractivity contribution is -0.0711. The van der Waals surface area contributed by atoms with Crippen LogP contribution in [0.2, 0.25) is 0 Å². The van der Waals surface area contributed by atoms with Crippen LogP contribution in [-0.2, 0) is 14.8 Å². The predicted molar refractivity (Wildman–Crippen MR) is 93.8 cm³/mol. The summed E-state index contributed by atoms with van der Waals surface area (Å²) >= 11 is 0. The highest BCUT2D eigenvalue weighted by molar-refractivity contribution is 7.92. The number of hydrogen-bond acceptors (Lipinski definition) is 5. The Morgan fingerprint density at radius 3 is 2.24 bits per heavy atom. The predicted octanol–water partition coefficient (Wildman–Crippen LogP) is 1.39. The van der Waals surface area contributed by atoms with Crippen LogP contribution in [-0.4, -0.2) is 50.1 Å². The van der Waals surface area contributed by atoms with Crippen molar-refractivity contribution in [3.05, 3.63) is 60.7 Å². The van der Waals surface area contributed by atoms with Gasteiger partial charge < -0.3 is 14.9 Å². The van der Waals surface area contributed by atoms with E-state index in [9.17, 15) is 18.6 Å². The molecule has 25 heavy (non-hydrogen) atoms. The number of aliphatic hydroxyl groups is 2. The summed E-state index contributed by atoms with van der Waals surface area (Å²) in [7, 11) is -3.88. The molecule has 7 heteroatoms. The van der Waals surface area contributed by atoms with Gasteiger partial charge in [-0.15, -0.1) is 0 Å². The van der Waals surface area contributed by atoms with Gasteiger partial charge in [0.15, 0.2) is 0 Å². The average Bonchev–Trinajstić information content (AvgIpc) is 3.09. The summed E-state index contributed by atoms with van der Waals surface area (Å²) < 4.78 is 32.5. The van der Waals surface area contributed by atoms with Crippen molar-refractivity contribution in [3.63, 3.8) is 0 Å². The zero-order chi connectivity index (χ0) is 17.9. The van der Waals surface area contributed by atoms with Crippen LogP contribution in [0, 0.1) is 0 Å². The van der Waals surface area contributed by atoms with E-state index in [1.807, 2.05) is 0 Å². The van der Waals surface area contributed by atoms with Crippen molar-refractivity contribution in [2.75, 3.05) is 24.1 Å². The molecule has 2 aromatic rings. The molecule has 2 N–H and O–H groups in total. The molecule has 1 heterocycles. The van der Waals surface area contributed by atoms with Crippen LogP contribution >= 0.6 is 0 Å². The Hall–Kier alpha value is -1.93. The molecule has 6 nitrogen and oxygen atoms in total. The van der Waals surface area contributed by atoms with E-state index in [1.54, 1.807) is 48.5 Å². The van der Waals surface area contributed by atoms with E-state index in [2.05, 4.69) is 0 Å². The smallest absolute Gasteiger partial charge is 0.264 e. The van der Waals surface area contributed by atoms with Crippen LogP contribution in [0.15, 0.2) is 65.6 Å². The summed E-state index contributed by atoms with van der Waals surface area (Å²) in [5.74, 6) is 0. The zero-order valence-electron chi connectivity index (χ0n) is 13.7. The third-order valence-electron chi connectivity index (χ3n) is 4.37. The summed E-state index contributed by atoms with van der Waals surface area (Å²) in [6, 6.07) is 16.6. The van der Waals surface area contributed by atoms with Gasteiger partial charge in [0.1, 0.15) is 11.7 Å². The summed E-state index contributed by atoms with van der Waals surface area (Å²) in [4.78, 5) is 0.126. The standard InChI is InChI=1S/C18H21NO5S/c20-17(18(21)11-12-24-14-18)13-19(15-7-3-1-4-8-15)25(22,23)16-9-5-2-6-10-16/h1-10,17,20-21H,11-14H2. The van der Waals surface area contributed by atoms with Crippen LogP contribution in [0.4, 0.5) is 5.69 Å². The molecule has 1 fully saturated rings. The fourth-order valence-corrected chi connectivity index (χ4v) is 4.31. The van der Waals surface area contributed by atoms with Gasteiger partial charge in [0.05, 0.1) is 23.7 Å². The van der Waals surface area contributed by atoms with E-state index in [0.29, 0.717) is 12.3 Å². The first kappa shape index (κ1) is 17.9. The van der Waals surface area contributed by atoms with Crippen molar-refractivity contribution in [3.8, 4) is 0 Å². The van der Waals surface area contributed by atoms with Crippen molar-refractivity contribution in [1.82, 2.24) is 0 Å². The molecule has 3 rings (SSSR count). The third-order valence-corrected chi connectivity index (χ3v) is 6.17. The van der Waals surface area contributed by atoms with Gasteiger partial charge >= 0.3 is 0 Å². The molecule has 0 aromatic heterocycles. The van der Waals surface area contributed by atoms with Gasteiger partial charge in [-0.2, -0.15) is 0 Å². The Morgan fingerprint density at radius 2 is 1.68 bits per heavy atom. The van der Waals surface area contributed by atoms with Crippen LogP contribution in [0.1, 0.15) is 6.42 Å². The first-order chi connectivity index (χ1) is 11.9. The van der Waals surface area contributed by atoms with Crippen LogP contribution in [0.25, 0.3) is 0 Å². The summed E-state index contributed by atoms with van der Waals surface area (Å²) in [6.07, 6.45) is -1.00. The number of ether oxygens (including phenoxy) is 1. The second kappa shape index (κ2) is 7.13. The molecule has 0 spiro atoms. The molecular formula is C18H21NO5S. The molecule has 0 bridgehead atoms. The van der Waals surface area contributed by atoms with Crippen molar-refractivity contribution in [2.45, 2.75) is 23.0 Å². The molecule has 0 amide bonds. The van der Waals surface area contributed by atoms with Crippen molar-refractivity contribution >= 4 is 15.7 Å². The van der Waals surface area contributed by atoms with Crippen molar-refractivity contribution in [1.29, 1.82) is 0 Å². The van der Waals surface area contributed by atoms with Gasteiger partial charge in [-0.1, -0.05) is 36.4 Å². The molecule has 1 aliphatic heterocycles. The average molecular weight is 363 g/mol. The van der Waals surface area contributed by atoms with E-state index in [1.165, 1.54) is 12.1 Å². The minimum Gasteiger partial charge on any atom is -0.388 e. The molecule has 2 unspecified atom stereocenters. The monoisotopic (exact) mass is 363 g/mol. The fraction of sp³-hybridized carbons (Fsp3) is 0.333. The first-order valence-electron chi connectivity index (χ1n) is 8.04. The number of aliphatic hydroxyl groups excluding tert-OH is 1. The number of nitrogens with zero attached hydrogens (tertiary/aromatic N) is 1. The Balaban J connectivity index is 1.96. The Morgan fingerprint density at radius 1 is 1.08 bits per heavy atom. The van der Waals surface area contributed by atoms with Gasteiger partial charge in [0, 0.05) is 13.0 Å². The van der Waals surface area contributed by atoms with E-state index in [0.717, 1.165) is 4.31 Å². The maximum atomic E-state index is 13.1. The SMILES string of the molecule is O=S(=O)(c1ccccc1)N(CC(O)C1(O)CCOC1)c1ccccc1. The molecule has 1 aliphatic rings. The maximum Gasteiger partial charge on any atom is 0.264 e. The van der Waals surface area contributed by atoms with Gasteiger partial charge in [0.2, 0.25) is 0 Å². The van der Waals surface area contributed by atoms with E-state index in [4.69, 9.17) is 4.74 Å². The van der Waals surface area contributed by atoms with Crippen molar-refractivity contribution < 1.29 is 23.4 Å². The quantitative estimate of drug-likeness (QED) is 0.810. The largest absolute Gasteiger partial charge is 0.388 e. The lowest BCUT2D eigenvalue weighted by Gasteiger charge is -2.32. The van der Waals surface area contributed by atoms with Crippen LogP contribution in [0.5, 0.6) is 0 Å². The van der Waals surface area contributed by atoms with E-state index < -0.39 is 21.7 Å². The van der Waals surface area contributed by atoms with Crippen LogP contribution < -0.4 is 4.31 Å². The number of sulfonamides is 1. The first-order valence-corrected chi connectivity index (χ1v) is 9.48. The Kier molecular flexibility index (Phi) is 5.10. The zero-order valence-corrected chi connectivity index (χ0v) is 14.5. The maximum absolute atomic E-state index is 13.1. The minimum absolute atomic E-state index is 0.0117. The van der Waals surface area contributed by atoms with E-state index in [-0.39, 0.29) is 24.5 Å². The van der Waals surface area contributed by atoms with Crippen molar-refractivity contribution in [2.24, 2.45) is 0 Å². The molecule has 2 aromatic carbocycles. The van der Waals surface area contributed by atoms with Gasteiger partial charge in [-0.3, -0.25) is 4.31 Å². The third kappa shape index (κ3) is 3.69. The summed E-state index contributed by atoms with van der Waals surface area (Å²) in [6.45, 7) is 0.0631. The molecule has 2 atom stereocenters. The van der Waals surface area contributed by atoms with Gasteiger partial charge in [-0.25, -0.2) is 8.42 Å². The molecule has 0 saturated carbocycles. The normalized spacial score (nSPS) is 21.8. The Bertz CT molecular complexity index is 789. The fourth-order valence-electron chi connectivity index (χ4n) is 2.82. The highest BCUT2D eigenvalue weighted by Gasteiger charge is 2.42. The number of rotatable bonds is 6. The number of anilines is 1. The molecule has 0 aliphatic carbocycles. The van der Waals surface area contributed by atoms with Crippen LogP contribution in [0.3, 0.4) is 0 Å².